The number of amides is 1. The molecule has 0 aliphatic carbocycles. The number of methoxy groups -OCH3 is 2. The molecular weight excluding hydrogens is 378 g/mol. The summed E-state index contributed by atoms with van der Waals surface area (Å²) >= 11 is 0. The molecule has 0 unspecified atom stereocenters. The number of ether oxygens (including phenoxy) is 3. The van der Waals surface area contributed by atoms with Crippen LogP contribution >= 0.6 is 0 Å². The second-order valence-electron chi connectivity index (χ2n) is 7.15. The van der Waals surface area contributed by atoms with Crippen molar-refractivity contribution in [2.75, 3.05) is 32.3 Å². The number of hydrogen-bond acceptors (Lipinski definition) is 4. The number of benzene rings is 3. The zero-order chi connectivity index (χ0) is 20.9. The van der Waals surface area contributed by atoms with E-state index in [4.69, 9.17) is 14.2 Å². The fourth-order valence-corrected chi connectivity index (χ4v) is 3.68. The minimum atomic E-state index is -0.421. The number of rotatable bonds is 7. The van der Waals surface area contributed by atoms with E-state index in [-0.39, 0.29) is 12.5 Å². The van der Waals surface area contributed by atoms with Gasteiger partial charge in [-0.25, -0.2) is 0 Å². The van der Waals surface area contributed by atoms with Crippen LogP contribution in [0.3, 0.4) is 0 Å². The highest BCUT2D eigenvalue weighted by Gasteiger charge is 2.26. The molecule has 4 rings (SSSR count). The number of fused-ring (bicyclic) bond motifs is 1. The summed E-state index contributed by atoms with van der Waals surface area (Å²) in [4.78, 5) is 15.0. The summed E-state index contributed by atoms with van der Waals surface area (Å²) < 4.78 is 16.0. The first kappa shape index (κ1) is 20.1. The average molecular weight is 403 g/mol. The summed E-state index contributed by atoms with van der Waals surface area (Å²) in [5.41, 5.74) is 4.86. The summed E-state index contributed by atoms with van der Waals surface area (Å²) in [6, 6.07) is 23.9. The summed E-state index contributed by atoms with van der Waals surface area (Å²) in [5, 5.41) is 0. The summed E-state index contributed by atoms with van der Waals surface area (Å²) in [5.74, 6) is 0.722. The molecule has 154 valence electrons. The maximum absolute atomic E-state index is 13.2. The van der Waals surface area contributed by atoms with Crippen LogP contribution < -0.4 is 9.64 Å². The zero-order valence-electron chi connectivity index (χ0n) is 17.2. The number of hydrogen-bond donors (Lipinski definition) is 0. The van der Waals surface area contributed by atoms with Gasteiger partial charge in [-0.1, -0.05) is 42.5 Å². The summed E-state index contributed by atoms with van der Waals surface area (Å²) in [7, 11) is 3.15. The highest BCUT2D eigenvalue weighted by Crippen LogP contribution is 2.30. The van der Waals surface area contributed by atoms with E-state index in [0.717, 1.165) is 28.8 Å². The average Bonchev–Trinajstić information content (AvgIpc) is 2.80. The lowest BCUT2D eigenvalue weighted by molar-refractivity contribution is -0.121. The van der Waals surface area contributed by atoms with Crippen molar-refractivity contribution in [3.63, 3.8) is 0 Å². The third-order valence-corrected chi connectivity index (χ3v) is 5.33. The lowest BCUT2D eigenvalue weighted by Gasteiger charge is -2.29. The van der Waals surface area contributed by atoms with E-state index in [0.29, 0.717) is 17.9 Å². The van der Waals surface area contributed by atoms with Crippen LogP contribution in [-0.4, -0.2) is 39.6 Å². The van der Waals surface area contributed by atoms with Crippen LogP contribution in [0, 0.1) is 0 Å². The number of carbonyl (C=O) groups is 1. The van der Waals surface area contributed by atoms with Crippen LogP contribution in [0.25, 0.3) is 11.1 Å². The minimum Gasteiger partial charge on any atom is -0.488 e. The molecule has 0 saturated heterocycles. The first-order valence-electron chi connectivity index (χ1n) is 9.98. The van der Waals surface area contributed by atoms with Crippen molar-refractivity contribution in [2.45, 2.75) is 12.7 Å². The third kappa shape index (κ3) is 4.22. The maximum Gasteiger partial charge on any atom is 0.258 e. The Morgan fingerprint density at radius 3 is 2.43 bits per heavy atom. The highest BCUT2D eigenvalue weighted by atomic mass is 16.7. The topological polar surface area (TPSA) is 48.0 Å². The van der Waals surface area contributed by atoms with Gasteiger partial charge in [0, 0.05) is 32.0 Å². The molecule has 0 fully saturated rings. The highest BCUT2D eigenvalue weighted by molar-refractivity contribution is 6.08. The van der Waals surface area contributed by atoms with Gasteiger partial charge in [0.1, 0.15) is 12.4 Å². The zero-order valence-corrected chi connectivity index (χ0v) is 17.2. The van der Waals surface area contributed by atoms with Gasteiger partial charge in [-0.2, -0.15) is 0 Å². The monoisotopic (exact) mass is 403 g/mol. The first-order valence-corrected chi connectivity index (χ1v) is 9.98. The molecule has 5 heteroatoms. The largest absolute Gasteiger partial charge is 0.488 e. The fourth-order valence-electron chi connectivity index (χ4n) is 3.68. The number of carbonyl (C=O) groups excluding carboxylic acids is 1. The van der Waals surface area contributed by atoms with E-state index in [9.17, 15) is 4.79 Å². The van der Waals surface area contributed by atoms with Crippen LogP contribution in [0.2, 0.25) is 0 Å². The van der Waals surface area contributed by atoms with Gasteiger partial charge in [0.25, 0.3) is 5.91 Å². The Balaban J connectivity index is 1.53. The standard InChI is InChI=1S/C25H25NO4/c1-28-24(29-2)17-30-22-11-12-23-20(16-22)13-14-26(25(23)27)21-10-6-9-19(15-21)18-7-4-3-5-8-18/h3-12,15-16,24H,13-14,17H2,1-2H3. The molecule has 1 amide bonds. The molecule has 1 aliphatic rings. The molecule has 0 spiro atoms. The van der Waals surface area contributed by atoms with Crippen molar-refractivity contribution < 1.29 is 19.0 Å². The number of anilines is 1. The van der Waals surface area contributed by atoms with E-state index in [2.05, 4.69) is 24.3 Å². The molecule has 0 radical (unpaired) electrons. The fraction of sp³-hybridized carbons (Fsp3) is 0.240. The predicted molar refractivity (Wildman–Crippen MR) is 117 cm³/mol. The Hall–Kier alpha value is -3.15. The first-order chi connectivity index (χ1) is 14.7. The van der Waals surface area contributed by atoms with Crippen LogP contribution in [0.5, 0.6) is 5.75 Å². The van der Waals surface area contributed by atoms with Gasteiger partial charge < -0.3 is 19.1 Å². The van der Waals surface area contributed by atoms with Crippen LogP contribution in [0.1, 0.15) is 15.9 Å². The Morgan fingerprint density at radius 1 is 0.900 bits per heavy atom. The van der Waals surface area contributed by atoms with Crippen molar-refractivity contribution in [1.82, 2.24) is 0 Å². The van der Waals surface area contributed by atoms with Gasteiger partial charge in [-0.3, -0.25) is 4.79 Å². The van der Waals surface area contributed by atoms with Crippen LogP contribution in [0.15, 0.2) is 72.8 Å². The van der Waals surface area contributed by atoms with E-state index < -0.39 is 6.29 Å². The van der Waals surface area contributed by atoms with Gasteiger partial charge in [0.2, 0.25) is 0 Å². The van der Waals surface area contributed by atoms with Gasteiger partial charge >= 0.3 is 0 Å². The van der Waals surface area contributed by atoms with E-state index in [1.807, 2.05) is 53.4 Å². The quantitative estimate of drug-likeness (QED) is 0.543. The number of nitrogens with zero attached hydrogens (tertiary/aromatic N) is 1. The molecule has 3 aromatic rings. The third-order valence-electron chi connectivity index (χ3n) is 5.33. The van der Waals surface area contributed by atoms with Crippen LogP contribution in [-0.2, 0) is 15.9 Å². The van der Waals surface area contributed by atoms with Crippen molar-refractivity contribution in [2.24, 2.45) is 0 Å². The molecule has 0 aromatic heterocycles. The van der Waals surface area contributed by atoms with Crippen molar-refractivity contribution in [3.8, 4) is 16.9 Å². The summed E-state index contributed by atoms with van der Waals surface area (Å²) in [6.07, 6.45) is 0.348. The molecule has 0 saturated carbocycles. The van der Waals surface area contributed by atoms with Gasteiger partial charge in [-0.05, 0) is 53.4 Å². The molecule has 0 N–H and O–H groups in total. The maximum atomic E-state index is 13.2. The lowest BCUT2D eigenvalue weighted by atomic mass is 9.97. The lowest BCUT2D eigenvalue weighted by Crippen LogP contribution is -2.37. The SMILES string of the molecule is COC(COc1ccc2c(c1)CCN(c1cccc(-c3ccccc3)c1)C2=O)OC. The Kier molecular flexibility index (Phi) is 6.12. The summed E-state index contributed by atoms with van der Waals surface area (Å²) in [6.45, 7) is 0.921. The van der Waals surface area contributed by atoms with Gasteiger partial charge in [0.15, 0.2) is 6.29 Å². The smallest absolute Gasteiger partial charge is 0.258 e. The van der Waals surface area contributed by atoms with E-state index in [1.54, 1.807) is 14.2 Å². The Morgan fingerprint density at radius 2 is 1.67 bits per heavy atom. The Labute approximate surface area is 176 Å². The molecule has 3 aromatic carbocycles. The van der Waals surface area contributed by atoms with Gasteiger partial charge in [-0.15, -0.1) is 0 Å². The normalized spacial score (nSPS) is 13.4. The van der Waals surface area contributed by atoms with Crippen LogP contribution in [0.4, 0.5) is 5.69 Å². The van der Waals surface area contributed by atoms with E-state index >= 15 is 0 Å². The predicted octanol–water partition coefficient (Wildman–Crippen LogP) is 4.55. The van der Waals surface area contributed by atoms with Crippen molar-refractivity contribution >= 4 is 11.6 Å². The molecule has 0 bridgehead atoms. The minimum absolute atomic E-state index is 0.0136. The second kappa shape index (κ2) is 9.11. The second-order valence-corrected chi connectivity index (χ2v) is 7.15. The molecule has 1 aliphatic heterocycles. The van der Waals surface area contributed by atoms with Crippen molar-refractivity contribution in [3.05, 3.63) is 83.9 Å². The van der Waals surface area contributed by atoms with Gasteiger partial charge in [0.05, 0.1) is 0 Å². The molecule has 0 atom stereocenters. The Bertz CT molecular complexity index is 1010. The molecule has 5 nitrogen and oxygen atoms in total. The van der Waals surface area contributed by atoms with E-state index in [1.165, 1.54) is 0 Å². The van der Waals surface area contributed by atoms with Crippen molar-refractivity contribution in [1.29, 1.82) is 0 Å². The molecular formula is C25H25NO4. The molecule has 30 heavy (non-hydrogen) atoms. The molecule has 1 heterocycles.